The zero-order valence-corrected chi connectivity index (χ0v) is 20.7. The molecule has 8 N–H and O–H groups in total. The normalized spacial score (nSPS) is 47.0. The molecule has 0 unspecified atom stereocenters. The SMILES string of the molecule is OC[C@H]1O[C@@H]([Se][Pt]([Cl])([Cl])[Se][C@@H]2O[C@H](CO)[C@@H](O)[C@H](O)[C@H]2O)[C@H](O)[C@@H](O)[C@@H]1O. The minimum atomic E-state index is -3.69. The van der Waals surface area contributed by atoms with Crippen LogP contribution in [0.2, 0.25) is 0 Å². The molecular formula is C12H22Cl2O10PtSe2. The second kappa shape index (κ2) is 10.5. The van der Waals surface area contributed by atoms with E-state index < -0.39 is 107 Å². The first kappa shape index (κ1) is 25.2. The molecule has 2 aliphatic rings. The van der Waals surface area contributed by atoms with E-state index in [1.807, 2.05) is 0 Å². The third-order valence-corrected chi connectivity index (χ3v) is 39.4. The Kier molecular flexibility index (Phi) is 9.77. The fourth-order valence-electron chi connectivity index (χ4n) is 2.45. The molecule has 0 aliphatic carbocycles. The van der Waals surface area contributed by atoms with Crippen molar-refractivity contribution in [3.8, 4) is 0 Å². The van der Waals surface area contributed by atoms with Gasteiger partial charge in [-0.2, -0.15) is 0 Å². The fourth-order valence-corrected chi connectivity index (χ4v) is 40.0. The minimum absolute atomic E-state index is 0.570. The molecule has 10 atom stereocenters. The van der Waals surface area contributed by atoms with Gasteiger partial charge in [0.05, 0.1) is 0 Å². The van der Waals surface area contributed by atoms with E-state index >= 15 is 0 Å². The van der Waals surface area contributed by atoms with Gasteiger partial charge >= 0.3 is 176 Å². The van der Waals surface area contributed by atoms with Gasteiger partial charge < -0.3 is 0 Å². The van der Waals surface area contributed by atoms with Crippen molar-refractivity contribution in [3.63, 3.8) is 0 Å². The average Bonchev–Trinajstić information content (AvgIpc) is 2.62. The first-order valence-corrected chi connectivity index (χ1v) is 25.9. The third-order valence-electron chi connectivity index (χ3n) is 4.02. The van der Waals surface area contributed by atoms with Gasteiger partial charge in [0.2, 0.25) is 0 Å². The maximum atomic E-state index is 10.1. The zero-order valence-electron chi connectivity index (χ0n) is 13.5. The molecule has 2 heterocycles. The molecule has 15 heteroatoms. The Bertz CT molecular complexity index is 453. The van der Waals surface area contributed by atoms with Crippen molar-refractivity contribution in [3.05, 3.63) is 0 Å². The summed E-state index contributed by atoms with van der Waals surface area (Å²) in [4.78, 5) is 0. The molecule has 2 aliphatic heterocycles. The third kappa shape index (κ3) is 5.99. The Morgan fingerprint density at radius 2 is 0.963 bits per heavy atom. The van der Waals surface area contributed by atoms with Gasteiger partial charge in [-0.25, -0.2) is 0 Å². The van der Waals surface area contributed by atoms with Crippen LogP contribution in [0.1, 0.15) is 0 Å². The Morgan fingerprint density at radius 3 is 1.26 bits per heavy atom. The Hall–Kier alpha value is 1.91. The van der Waals surface area contributed by atoms with Gasteiger partial charge in [0.25, 0.3) is 0 Å². The predicted molar refractivity (Wildman–Crippen MR) is 90.7 cm³/mol. The van der Waals surface area contributed by atoms with Crippen LogP contribution in [0, 0.1) is 0 Å². The number of aliphatic hydroxyl groups is 8. The van der Waals surface area contributed by atoms with E-state index in [1.54, 1.807) is 0 Å². The van der Waals surface area contributed by atoms with Crippen molar-refractivity contribution in [2.45, 2.75) is 58.8 Å². The Morgan fingerprint density at radius 1 is 0.630 bits per heavy atom. The first-order valence-electron chi connectivity index (χ1n) is 7.58. The summed E-state index contributed by atoms with van der Waals surface area (Å²) in [5.74, 6) is 0. The summed E-state index contributed by atoms with van der Waals surface area (Å²) in [7, 11) is 9.29. The summed E-state index contributed by atoms with van der Waals surface area (Å²) >= 11 is -1.49. The predicted octanol–water partition coefficient (Wildman–Crippen LogP) is -4.71. The van der Waals surface area contributed by atoms with Crippen LogP contribution in [0.5, 0.6) is 0 Å². The van der Waals surface area contributed by atoms with Gasteiger partial charge in [0.15, 0.2) is 0 Å². The molecule has 0 aromatic rings. The van der Waals surface area contributed by atoms with Crippen LogP contribution in [-0.2, 0) is 19.3 Å². The topological polar surface area (TPSA) is 180 Å². The summed E-state index contributed by atoms with van der Waals surface area (Å²) in [5, 5.41) is 76.1. The second-order valence-corrected chi connectivity index (χ2v) is 53.6. The first-order chi connectivity index (χ1) is 12.5. The molecule has 27 heavy (non-hydrogen) atoms. The molecule has 0 radical (unpaired) electrons. The molecule has 0 aromatic heterocycles. The monoisotopic (exact) mass is 751 g/mol. The number of hydrogen-bond acceptors (Lipinski definition) is 10. The van der Waals surface area contributed by atoms with Crippen LogP contribution in [0.15, 0.2) is 0 Å². The van der Waals surface area contributed by atoms with Gasteiger partial charge in [-0.05, 0) is 0 Å². The van der Waals surface area contributed by atoms with Gasteiger partial charge in [0, 0.05) is 0 Å². The van der Waals surface area contributed by atoms with Crippen molar-refractivity contribution in [1.29, 1.82) is 0 Å². The van der Waals surface area contributed by atoms with E-state index in [-0.39, 0.29) is 0 Å². The summed E-state index contributed by atoms with van der Waals surface area (Å²) in [6.45, 7) is -1.14. The molecule has 0 aromatic carbocycles. The van der Waals surface area contributed by atoms with Gasteiger partial charge in [-0.1, -0.05) is 0 Å². The molecule has 0 bridgehead atoms. The van der Waals surface area contributed by atoms with Crippen molar-refractivity contribution in [2.24, 2.45) is 0 Å². The molecule has 2 fully saturated rings. The van der Waals surface area contributed by atoms with Crippen LogP contribution in [0.3, 0.4) is 0 Å². The second-order valence-electron chi connectivity index (χ2n) is 5.84. The average molecular weight is 750 g/mol. The molecule has 2 rings (SSSR count). The molecule has 166 valence electrons. The Labute approximate surface area is 174 Å². The van der Waals surface area contributed by atoms with Crippen LogP contribution in [0.25, 0.3) is 0 Å². The molecule has 0 amide bonds. The van der Waals surface area contributed by atoms with Gasteiger partial charge in [0.1, 0.15) is 0 Å². The van der Waals surface area contributed by atoms with Crippen molar-refractivity contribution >= 4 is 43.5 Å². The molecule has 2 saturated heterocycles. The summed E-state index contributed by atoms with van der Waals surface area (Å²) in [5.41, 5.74) is 0. The molecular weight excluding hydrogens is 728 g/mol. The van der Waals surface area contributed by atoms with E-state index in [0.29, 0.717) is 0 Å². The van der Waals surface area contributed by atoms with Crippen LogP contribution in [0.4, 0.5) is 0 Å². The van der Waals surface area contributed by atoms with Crippen LogP contribution >= 0.6 is 18.8 Å². The van der Waals surface area contributed by atoms with Crippen molar-refractivity contribution in [2.75, 3.05) is 13.2 Å². The zero-order chi connectivity index (χ0) is 20.5. The van der Waals surface area contributed by atoms with E-state index in [2.05, 4.69) is 0 Å². The number of ether oxygens (including phenoxy) is 2. The number of rotatable bonds is 6. The van der Waals surface area contributed by atoms with E-state index in [0.717, 1.165) is 0 Å². The fraction of sp³-hybridized carbons (Fsp3) is 1.00. The van der Waals surface area contributed by atoms with E-state index in [9.17, 15) is 40.9 Å². The van der Waals surface area contributed by atoms with Gasteiger partial charge in [-0.3, -0.25) is 0 Å². The van der Waals surface area contributed by atoms with E-state index in [4.69, 9.17) is 28.3 Å². The number of hydrogen-bond donors (Lipinski definition) is 8. The van der Waals surface area contributed by atoms with Crippen LogP contribution < -0.4 is 0 Å². The number of halogens is 2. The van der Waals surface area contributed by atoms with Crippen molar-refractivity contribution < 1.29 is 60.2 Å². The van der Waals surface area contributed by atoms with Gasteiger partial charge in [-0.15, -0.1) is 0 Å². The number of aliphatic hydroxyl groups excluding tert-OH is 8. The quantitative estimate of drug-likeness (QED) is 0.123. The molecule has 10 nitrogen and oxygen atoms in total. The van der Waals surface area contributed by atoms with Crippen molar-refractivity contribution in [1.82, 2.24) is 0 Å². The summed E-state index contributed by atoms with van der Waals surface area (Å²) in [6.07, 6.45) is -11.1. The maximum absolute atomic E-state index is 10.1. The molecule has 0 saturated carbocycles. The summed E-state index contributed by atoms with van der Waals surface area (Å²) in [6, 6.07) is 0. The standard InChI is InChI=1S/2C6H12O5Se.2ClH.Pt/c2*7-1-2-3(8)4(9)5(10)6(12)11-2;;;/h2*2-10,12H,1H2;2*1H;/q;;;;+4/p-4/t2*2-,3-,4+,5-,6+;;;/m11.../s1. The Balaban J connectivity index is 2.05. The van der Waals surface area contributed by atoms with E-state index in [1.165, 1.54) is 0 Å². The summed E-state index contributed by atoms with van der Waals surface area (Å²) < 4.78 is 10.9. The molecule has 0 spiro atoms. The van der Waals surface area contributed by atoms with Crippen LogP contribution in [-0.4, -0.2) is 138 Å².